The van der Waals surface area contributed by atoms with E-state index in [-0.39, 0.29) is 43.7 Å². The molecule has 3 aliphatic heterocycles. The van der Waals surface area contributed by atoms with Crippen LogP contribution in [0.4, 0.5) is 8.78 Å². The fourth-order valence-electron chi connectivity index (χ4n) is 3.88. The summed E-state index contributed by atoms with van der Waals surface area (Å²) in [5.74, 6) is -2.86. The molecule has 3 rings (SSSR count). The van der Waals surface area contributed by atoms with Gasteiger partial charge in [-0.25, -0.2) is 8.78 Å². The minimum Gasteiger partial charge on any atom is -0.341 e. The van der Waals surface area contributed by atoms with Gasteiger partial charge in [-0.15, -0.1) is 24.8 Å². The highest BCUT2D eigenvalue weighted by atomic mass is 35.5. The van der Waals surface area contributed by atoms with Crippen LogP contribution in [0.5, 0.6) is 0 Å². The number of hydrogen-bond acceptors (Lipinski definition) is 3. The molecule has 0 aromatic carbocycles. The topological polar surface area (TPSA) is 35.6 Å². The maximum absolute atomic E-state index is 13.2. The van der Waals surface area contributed by atoms with Crippen LogP contribution in [0.15, 0.2) is 0 Å². The van der Waals surface area contributed by atoms with Crippen molar-refractivity contribution in [2.24, 2.45) is 0 Å². The summed E-state index contributed by atoms with van der Waals surface area (Å²) >= 11 is 0. The van der Waals surface area contributed by atoms with Crippen LogP contribution >= 0.6 is 24.8 Å². The van der Waals surface area contributed by atoms with Gasteiger partial charge < -0.3 is 9.80 Å². The Kier molecular flexibility index (Phi) is 7.98. The largest absolute Gasteiger partial charge is 0.341 e. The second kappa shape index (κ2) is 8.79. The van der Waals surface area contributed by atoms with Gasteiger partial charge in [-0.2, -0.15) is 0 Å². The zero-order chi connectivity index (χ0) is 14.9. The lowest BCUT2D eigenvalue weighted by Gasteiger charge is -2.27. The normalized spacial score (nSPS) is 31.1. The highest BCUT2D eigenvalue weighted by molar-refractivity contribution is 5.85. The molecule has 3 heterocycles. The number of amides is 1. The van der Waals surface area contributed by atoms with Crippen LogP contribution in [0.1, 0.15) is 38.5 Å². The number of carbonyl (C=O) groups excluding carboxylic acids is 1. The van der Waals surface area contributed by atoms with E-state index < -0.39 is 12.0 Å². The summed E-state index contributed by atoms with van der Waals surface area (Å²) in [5.41, 5.74) is 0. The predicted molar refractivity (Wildman–Crippen MR) is 90.9 cm³/mol. The molecule has 0 spiro atoms. The number of halogens is 4. The highest BCUT2D eigenvalue weighted by Crippen LogP contribution is 2.27. The lowest BCUT2D eigenvalue weighted by Crippen LogP contribution is -2.44. The molecule has 136 valence electrons. The molecule has 3 fully saturated rings. The Bertz CT molecular complexity index is 395. The lowest BCUT2D eigenvalue weighted by molar-refractivity contribution is -0.133. The third kappa shape index (κ3) is 5.15. The predicted octanol–water partition coefficient (Wildman–Crippen LogP) is 2.30. The van der Waals surface area contributed by atoms with Crippen molar-refractivity contribution in [3.63, 3.8) is 0 Å². The van der Waals surface area contributed by atoms with Crippen molar-refractivity contribution < 1.29 is 13.6 Å². The molecule has 0 aromatic rings. The third-order valence-electron chi connectivity index (χ3n) is 5.07. The summed E-state index contributed by atoms with van der Waals surface area (Å²) in [6, 6.07) is -0.119. The van der Waals surface area contributed by atoms with E-state index in [1.54, 1.807) is 4.90 Å². The molecule has 0 aromatic heterocycles. The van der Waals surface area contributed by atoms with Gasteiger partial charge in [-0.05, 0) is 45.2 Å². The van der Waals surface area contributed by atoms with E-state index in [2.05, 4.69) is 10.2 Å². The molecule has 3 saturated heterocycles. The van der Waals surface area contributed by atoms with Gasteiger partial charge in [0, 0.05) is 25.6 Å². The molecular formula is C15H27Cl2F2N3O. The van der Waals surface area contributed by atoms with Crippen molar-refractivity contribution in [1.82, 2.24) is 15.1 Å². The van der Waals surface area contributed by atoms with E-state index in [4.69, 9.17) is 0 Å². The van der Waals surface area contributed by atoms with Gasteiger partial charge in [0.25, 0.3) is 5.92 Å². The van der Waals surface area contributed by atoms with Gasteiger partial charge in [-0.1, -0.05) is 0 Å². The Hall–Kier alpha value is -0.170. The fraction of sp³-hybridized carbons (Fsp3) is 0.933. The first-order chi connectivity index (χ1) is 10.1. The molecule has 8 heteroatoms. The molecule has 0 bridgehead atoms. The Morgan fingerprint density at radius 3 is 2.30 bits per heavy atom. The fourth-order valence-corrected chi connectivity index (χ4v) is 3.88. The summed E-state index contributed by atoms with van der Waals surface area (Å²) in [7, 11) is 0. The maximum Gasteiger partial charge on any atom is 0.262 e. The van der Waals surface area contributed by atoms with E-state index in [0.717, 1.165) is 19.3 Å². The van der Waals surface area contributed by atoms with Crippen LogP contribution in [0.25, 0.3) is 0 Å². The molecule has 3 aliphatic rings. The average molecular weight is 374 g/mol. The molecule has 2 unspecified atom stereocenters. The molecule has 1 amide bonds. The quantitative estimate of drug-likeness (QED) is 0.806. The molecule has 23 heavy (non-hydrogen) atoms. The summed E-state index contributed by atoms with van der Waals surface area (Å²) < 4.78 is 26.5. The number of likely N-dealkylation sites (tertiary alicyclic amines) is 2. The molecule has 2 atom stereocenters. The van der Waals surface area contributed by atoms with Crippen molar-refractivity contribution in [3.8, 4) is 0 Å². The molecule has 0 saturated carbocycles. The Labute approximate surface area is 149 Å². The third-order valence-corrected chi connectivity index (χ3v) is 5.07. The van der Waals surface area contributed by atoms with E-state index in [1.165, 1.54) is 25.9 Å². The first-order valence-electron chi connectivity index (χ1n) is 8.19. The summed E-state index contributed by atoms with van der Waals surface area (Å²) in [6.07, 6.45) is 5.29. The van der Waals surface area contributed by atoms with Crippen LogP contribution in [0, 0.1) is 0 Å². The number of nitrogens with one attached hydrogen (secondary N) is 1. The molecule has 4 nitrogen and oxygen atoms in total. The summed E-state index contributed by atoms with van der Waals surface area (Å²) in [5, 5.41) is 2.68. The van der Waals surface area contributed by atoms with Gasteiger partial charge in [0.15, 0.2) is 0 Å². The summed E-state index contributed by atoms with van der Waals surface area (Å²) in [4.78, 5) is 16.7. The second-order valence-corrected chi connectivity index (χ2v) is 6.65. The zero-order valence-electron chi connectivity index (χ0n) is 13.3. The van der Waals surface area contributed by atoms with Crippen LogP contribution in [-0.2, 0) is 4.79 Å². The van der Waals surface area contributed by atoms with E-state index in [0.29, 0.717) is 19.1 Å². The minimum absolute atomic E-state index is 0. The van der Waals surface area contributed by atoms with Crippen molar-refractivity contribution in [2.45, 2.75) is 56.5 Å². The molecule has 0 aliphatic carbocycles. The average Bonchev–Trinajstić information content (AvgIpc) is 3.02. The van der Waals surface area contributed by atoms with E-state index in [9.17, 15) is 13.6 Å². The molecule has 0 radical (unpaired) electrons. The molecule has 1 N–H and O–H groups in total. The van der Waals surface area contributed by atoms with E-state index >= 15 is 0 Å². The first kappa shape index (κ1) is 20.9. The van der Waals surface area contributed by atoms with Crippen molar-refractivity contribution in [3.05, 3.63) is 0 Å². The molecular weight excluding hydrogens is 347 g/mol. The minimum atomic E-state index is -2.73. The Balaban J connectivity index is 0.00000132. The Morgan fingerprint density at radius 2 is 1.70 bits per heavy atom. The number of hydrogen-bond donors (Lipinski definition) is 1. The van der Waals surface area contributed by atoms with Crippen molar-refractivity contribution in [1.29, 1.82) is 0 Å². The van der Waals surface area contributed by atoms with Crippen LogP contribution < -0.4 is 5.32 Å². The van der Waals surface area contributed by atoms with Crippen molar-refractivity contribution >= 4 is 30.7 Å². The standard InChI is InChI=1S/C15H25F2N3O.2ClH/c16-15(17)10-13(18-11-15)14(21)20-8-3-4-12(5-9-20)19-6-1-2-7-19;;/h12-13,18H,1-11H2;2*1H. The smallest absolute Gasteiger partial charge is 0.262 e. The Morgan fingerprint density at radius 1 is 1.00 bits per heavy atom. The van der Waals surface area contributed by atoms with Gasteiger partial charge in [0.1, 0.15) is 0 Å². The zero-order valence-corrected chi connectivity index (χ0v) is 14.9. The van der Waals surface area contributed by atoms with Gasteiger partial charge in [0.2, 0.25) is 5.91 Å². The van der Waals surface area contributed by atoms with Crippen LogP contribution in [-0.4, -0.2) is 66.4 Å². The first-order valence-corrected chi connectivity index (χ1v) is 8.19. The van der Waals surface area contributed by atoms with Gasteiger partial charge in [-0.3, -0.25) is 10.1 Å². The number of nitrogens with zero attached hydrogens (tertiary/aromatic N) is 2. The van der Waals surface area contributed by atoms with Gasteiger partial charge in [0.05, 0.1) is 12.6 Å². The van der Waals surface area contributed by atoms with E-state index in [1.807, 2.05) is 0 Å². The van der Waals surface area contributed by atoms with Crippen molar-refractivity contribution in [2.75, 3.05) is 32.7 Å². The maximum atomic E-state index is 13.2. The van der Waals surface area contributed by atoms with Gasteiger partial charge >= 0.3 is 0 Å². The SMILES string of the molecule is Cl.Cl.O=C(C1CC(F)(F)CN1)N1CCCC(N2CCCC2)CC1. The monoisotopic (exact) mass is 373 g/mol. The number of rotatable bonds is 2. The van der Waals surface area contributed by atoms with Crippen LogP contribution in [0.3, 0.4) is 0 Å². The second-order valence-electron chi connectivity index (χ2n) is 6.65. The lowest BCUT2D eigenvalue weighted by atomic mass is 10.1. The highest BCUT2D eigenvalue weighted by Gasteiger charge is 2.43. The number of alkyl halides is 2. The summed E-state index contributed by atoms with van der Waals surface area (Å²) in [6.45, 7) is 3.41. The van der Waals surface area contributed by atoms with Crippen LogP contribution in [0.2, 0.25) is 0 Å². The number of carbonyl (C=O) groups is 1.